The molecule has 2 heteroatoms. The predicted octanol–water partition coefficient (Wildman–Crippen LogP) is 3.48. The first-order chi connectivity index (χ1) is 7.93. The normalized spacial score (nSPS) is 29.1. The maximum Gasteiger partial charge on any atom is 0.107 e. The van der Waals surface area contributed by atoms with Gasteiger partial charge in [0.1, 0.15) is 6.10 Å². The summed E-state index contributed by atoms with van der Waals surface area (Å²) in [6, 6.07) is 0. The van der Waals surface area contributed by atoms with Gasteiger partial charge in [-0.3, -0.25) is 0 Å². The minimum atomic E-state index is 0.130. The van der Waals surface area contributed by atoms with Crippen LogP contribution in [0.4, 0.5) is 0 Å². The fourth-order valence-electron chi connectivity index (χ4n) is 3.26. The van der Waals surface area contributed by atoms with Crippen molar-refractivity contribution in [2.24, 2.45) is 23.7 Å². The standard InChI is InChI=1S/C15H30O2/c1-10(2)6-11(3)7-12(4)8-13(5)15-14(9-16)17-15/h10-16H,6-9H2,1-5H3/t11-,12-,13-,14+,15+/m1/s1. The van der Waals surface area contributed by atoms with Crippen LogP contribution in [0.5, 0.6) is 0 Å². The Hall–Kier alpha value is -0.0800. The third-order valence-corrected chi connectivity index (χ3v) is 3.82. The highest BCUT2D eigenvalue weighted by Crippen LogP contribution is 2.34. The van der Waals surface area contributed by atoms with Crippen LogP contribution in [0.25, 0.3) is 0 Å². The summed E-state index contributed by atoms with van der Waals surface area (Å²) in [4.78, 5) is 0. The maximum absolute atomic E-state index is 8.98. The molecule has 0 bridgehead atoms. The van der Waals surface area contributed by atoms with Gasteiger partial charge in [-0.25, -0.2) is 0 Å². The summed E-state index contributed by atoms with van der Waals surface area (Å²) >= 11 is 0. The van der Waals surface area contributed by atoms with Crippen molar-refractivity contribution in [2.45, 2.75) is 66.1 Å². The molecule has 1 N–H and O–H groups in total. The minimum absolute atomic E-state index is 0.130. The molecule has 1 aliphatic heterocycles. The van der Waals surface area contributed by atoms with Crippen molar-refractivity contribution in [3.05, 3.63) is 0 Å². The first kappa shape index (κ1) is 15.0. The molecule has 17 heavy (non-hydrogen) atoms. The Morgan fingerprint density at radius 3 is 2.00 bits per heavy atom. The third-order valence-electron chi connectivity index (χ3n) is 3.82. The van der Waals surface area contributed by atoms with Gasteiger partial charge in [0.25, 0.3) is 0 Å². The lowest BCUT2D eigenvalue weighted by atomic mass is 9.85. The van der Waals surface area contributed by atoms with E-state index in [0.29, 0.717) is 12.0 Å². The molecule has 1 saturated heterocycles. The van der Waals surface area contributed by atoms with Gasteiger partial charge >= 0.3 is 0 Å². The lowest BCUT2D eigenvalue weighted by Gasteiger charge is -2.21. The van der Waals surface area contributed by atoms with Gasteiger partial charge in [-0.15, -0.1) is 0 Å². The summed E-state index contributed by atoms with van der Waals surface area (Å²) in [6.07, 6.45) is 4.33. The van der Waals surface area contributed by atoms with E-state index in [4.69, 9.17) is 9.84 Å². The van der Waals surface area contributed by atoms with Gasteiger partial charge in [-0.2, -0.15) is 0 Å². The van der Waals surface area contributed by atoms with Crippen molar-refractivity contribution in [1.82, 2.24) is 0 Å². The largest absolute Gasteiger partial charge is 0.394 e. The van der Waals surface area contributed by atoms with E-state index in [-0.39, 0.29) is 12.7 Å². The highest BCUT2D eigenvalue weighted by atomic mass is 16.6. The van der Waals surface area contributed by atoms with E-state index in [1.165, 1.54) is 19.3 Å². The van der Waals surface area contributed by atoms with Gasteiger partial charge < -0.3 is 9.84 Å². The third kappa shape index (κ3) is 5.39. The molecule has 0 aromatic heterocycles. The zero-order chi connectivity index (χ0) is 13.0. The number of hydrogen-bond donors (Lipinski definition) is 1. The van der Waals surface area contributed by atoms with Crippen LogP contribution in [-0.4, -0.2) is 23.9 Å². The molecule has 1 rings (SSSR count). The van der Waals surface area contributed by atoms with Crippen molar-refractivity contribution in [3.8, 4) is 0 Å². The Kier molecular flexibility index (Phi) is 5.94. The van der Waals surface area contributed by atoms with E-state index < -0.39 is 0 Å². The van der Waals surface area contributed by atoms with Crippen LogP contribution in [0.1, 0.15) is 53.9 Å². The van der Waals surface area contributed by atoms with Crippen LogP contribution in [0.15, 0.2) is 0 Å². The molecule has 0 aromatic rings. The Morgan fingerprint density at radius 1 is 0.941 bits per heavy atom. The van der Waals surface area contributed by atoms with Gasteiger partial charge in [0.05, 0.1) is 12.7 Å². The van der Waals surface area contributed by atoms with Crippen LogP contribution >= 0.6 is 0 Å². The molecule has 1 fully saturated rings. The zero-order valence-corrected chi connectivity index (χ0v) is 12.1. The van der Waals surface area contributed by atoms with Crippen LogP contribution in [0.2, 0.25) is 0 Å². The maximum atomic E-state index is 8.98. The summed E-state index contributed by atoms with van der Waals surface area (Å²) in [5, 5.41) is 8.98. The molecule has 0 saturated carbocycles. The Labute approximate surface area is 107 Å². The van der Waals surface area contributed by atoms with E-state index in [1.54, 1.807) is 0 Å². The molecule has 0 unspecified atom stereocenters. The highest BCUT2D eigenvalue weighted by Gasteiger charge is 2.42. The van der Waals surface area contributed by atoms with Crippen LogP contribution < -0.4 is 0 Å². The predicted molar refractivity (Wildman–Crippen MR) is 71.9 cm³/mol. The van der Waals surface area contributed by atoms with Crippen LogP contribution in [0.3, 0.4) is 0 Å². The Balaban J connectivity index is 2.18. The fraction of sp³-hybridized carbons (Fsp3) is 1.00. The summed E-state index contributed by atoms with van der Waals surface area (Å²) < 4.78 is 5.45. The van der Waals surface area contributed by atoms with Gasteiger partial charge in [-0.1, -0.05) is 34.6 Å². The van der Waals surface area contributed by atoms with Crippen molar-refractivity contribution in [3.63, 3.8) is 0 Å². The molecule has 102 valence electrons. The smallest absolute Gasteiger partial charge is 0.107 e. The average Bonchev–Trinajstić information content (AvgIpc) is 2.94. The fourth-order valence-corrected chi connectivity index (χ4v) is 3.26. The van der Waals surface area contributed by atoms with Gasteiger partial charge in [0.15, 0.2) is 0 Å². The first-order valence-electron chi connectivity index (χ1n) is 7.20. The van der Waals surface area contributed by atoms with Gasteiger partial charge in [-0.05, 0) is 42.9 Å². The number of epoxide rings is 1. The van der Waals surface area contributed by atoms with E-state index in [1.807, 2.05) is 0 Å². The molecule has 2 nitrogen and oxygen atoms in total. The lowest BCUT2D eigenvalue weighted by Crippen LogP contribution is -2.15. The molecule has 0 aliphatic carbocycles. The number of aliphatic hydroxyl groups is 1. The average molecular weight is 242 g/mol. The van der Waals surface area contributed by atoms with E-state index >= 15 is 0 Å². The Morgan fingerprint density at radius 2 is 1.53 bits per heavy atom. The molecule has 0 radical (unpaired) electrons. The molecule has 0 aromatic carbocycles. The molecule has 1 aliphatic rings. The van der Waals surface area contributed by atoms with Crippen molar-refractivity contribution in [2.75, 3.05) is 6.61 Å². The number of aliphatic hydroxyl groups excluding tert-OH is 1. The second-order valence-corrected chi connectivity index (χ2v) is 6.61. The second-order valence-electron chi connectivity index (χ2n) is 6.61. The molecular weight excluding hydrogens is 212 g/mol. The number of hydrogen-bond acceptors (Lipinski definition) is 2. The van der Waals surface area contributed by atoms with Gasteiger partial charge in [0, 0.05) is 0 Å². The summed E-state index contributed by atoms with van der Waals surface area (Å²) in [5.74, 6) is 2.99. The molecule has 0 amide bonds. The summed E-state index contributed by atoms with van der Waals surface area (Å²) in [5.41, 5.74) is 0. The van der Waals surface area contributed by atoms with Crippen molar-refractivity contribution in [1.29, 1.82) is 0 Å². The number of rotatable bonds is 8. The number of ether oxygens (including phenoxy) is 1. The quantitative estimate of drug-likeness (QED) is 0.661. The summed E-state index contributed by atoms with van der Waals surface area (Å²) in [6.45, 7) is 11.8. The molecular formula is C15H30O2. The van der Waals surface area contributed by atoms with Crippen molar-refractivity contribution >= 4 is 0 Å². The second kappa shape index (κ2) is 6.75. The van der Waals surface area contributed by atoms with Crippen molar-refractivity contribution < 1.29 is 9.84 Å². The van der Waals surface area contributed by atoms with E-state index in [9.17, 15) is 0 Å². The summed E-state index contributed by atoms with van der Waals surface area (Å²) in [7, 11) is 0. The van der Waals surface area contributed by atoms with Crippen LogP contribution in [-0.2, 0) is 4.74 Å². The van der Waals surface area contributed by atoms with E-state index in [0.717, 1.165) is 17.8 Å². The topological polar surface area (TPSA) is 32.8 Å². The first-order valence-corrected chi connectivity index (χ1v) is 7.20. The molecule has 1 heterocycles. The molecule has 0 spiro atoms. The highest BCUT2D eigenvalue weighted by molar-refractivity contribution is 4.88. The van der Waals surface area contributed by atoms with Crippen LogP contribution in [0, 0.1) is 23.7 Å². The minimum Gasteiger partial charge on any atom is -0.394 e. The Bertz CT molecular complexity index is 215. The lowest BCUT2D eigenvalue weighted by molar-refractivity contribution is 0.235. The zero-order valence-electron chi connectivity index (χ0n) is 12.1. The van der Waals surface area contributed by atoms with Gasteiger partial charge in [0.2, 0.25) is 0 Å². The molecule has 5 atom stereocenters. The monoisotopic (exact) mass is 242 g/mol. The van der Waals surface area contributed by atoms with E-state index in [2.05, 4.69) is 34.6 Å². The SMILES string of the molecule is CC(C)C[C@@H](C)C[C@@H](C)C[C@@H](C)[C@@H]1O[C@H]1CO.